The van der Waals surface area contributed by atoms with Crippen molar-refractivity contribution in [1.29, 1.82) is 0 Å². The quantitative estimate of drug-likeness (QED) is 0.748. The third kappa shape index (κ3) is 4.20. The van der Waals surface area contributed by atoms with Crippen molar-refractivity contribution < 1.29 is 9.59 Å². The van der Waals surface area contributed by atoms with Crippen molar-refractivity contribution in [3.8, 4) is 0 Å². The zero-order valence-corrected chi connectivity index (χ0v) is 11.5. The molecule has 0 aliphatic rings. The first-order valence-electron chi connectivity index (χ1n) is 5.90. The number of aryl methyl sites for hydroxylation is 2. The van der Waals surface area contributed by atoms with Crippen molar-refractivity contribution >= 4 is 17.5 Å². The minimum Gasteiger partial charge on any atom is -0.343 e. The Hall–Kier alpha value is -1.84. The maximum atomic E-state index is 11.7. The van der Waals surface area contributed by atoms with E-state index in [1.165, 1.54) is 0 Å². The van der Waals surface area contributed by atoms with Gasteiger partial charge < -0.3 is 10.6 Å². The molecule has 1 aromatic rings. The molecule has 0 saturated heterocycles. The van der Waals surface area contributed by atoms with E-state index < -0.39 is 17.4 Å². The molecule has 4 nitrogen and oxygen atoms in total. The van der Waals surface area contributed by atoms with Crippen molar-refractivity contribution in [2.24, 2.45) is 0 Å². The molecule has 0 aliphatic heterocycles. The van der Waals surface area contributed by atoms with Gasteiger partial charge in [0.15, 0.2) is 0 Å². The molecule has 0 unspecified atom stereocenters. The van der Waals surface area contributed by atoms with Crippen LogP contribution in [0, 0.1) is 13.8 Å². The van der Waals surface area contributed by atoms with E-state index in [-0.39, 0.29) is 0 Å². The molecule has 0 aliphatic carbocycles. The monoisotopic (exact) mass is 248 g/mol. The molecule has 1 aromatic carbocycles. The predicted octanol–water partition coefficient (Wildman–Crippen LogP) is 2.16. The highest BCUT2D eigenvalue weighted by Crippen LogP contribution is 2.16. The summed E-state index contributed by atoms with van der Waals surface area (Å²) in [5.74, 6) is -1.26. The largest absolute Gasteiger partial charge is 0.343 e. The van der Waals surface area contributed by atoms with Crippen LogP contribution in [0.2, 0.25) is 0 Å². The molecule has 1 rings (SSSR count). The summed E-state index contributed by atoms with van der Waals surface area (Å²) in [6.45, 7) is 9.31. The molecular formula is C14H20N2O2. The average molecular weight is 248 g/mol. The molecule has 0 atom stereocenters. The first-order valence-corrected chi connectivity index (χ1v) is 5.90. The third-order valence-electron chi connectivity index (χ3n) is 2.34. The summed E-state index contributed by atoms with van der Waals surface area (Å²) in [4.78, 5) is 23.4. The fraction of sp³-hybridized carbons (Fsp3) is 0.429. The lowest BCUT2D eigenvalue weighted by atomic mass is 10.1. The van der Waals surface area contributed by atoms with Crippen molar-refractivity contribution in [2.75, 3.05) is 5.32 Å². The highest BCUT2D eigenvalue weighted by Gasteiger charge is 2.20. The van der Waals surface area contributed by atoms with Crippen LogP contribution in [0.4, 0.5) is 5.69 Å². The van der Waals surface area contributed by atoms with Crippen LogP contribution in [-0.2, 0) is 9.59 Å². The molecule has 0 aromatic heterocycles. The Morgan fingerprint density at radius 2 is 1.67 bits per heavy atom. The summed E-state index contributed by atoms with van der Waals surface area (Å²) in [5.41, 5.74) is 2.21. The van der Waals surface area contributed by atoms with Gasteiger partial charge in [0.2, 0.25) is 0 Å². The van der Waals surface area contributed by atoms with Gasteiger partial charge in [-0.15, -0.1) is 0 Å². The van der Waals surface area contributed by atoms with E-state index in [2.05, 4.69) is 10.6 Å². The van der Waals surface area contributed by atoms with Crippen molar-refractivity contribution in [2.45, 2.75) is 40.2 Å². The predicted molar refractivity (Wildman–Crippen MR) is 72.4 cm³/mol. The van der Waals surface area contributed by atoms with E-state index in [4.69, 9.17) is 0 Å². The summed E-state index contributed by atoms with van der Waals surface area (Å²) in [6, 6.07) is 5.71. The number of carbonyl (C=O) groups excluding carboxylic acids is 2. The molecule has 0 fully saturated rings. The topological polar surface area (TPSA) is 58.2 Å². The lowest BCUT2D eigenvalue weighted by Gasteiger charge is -2.20. The van der Waals surface area contributed by atoms with Gasteiger partial charge in [0.1, 0.15) is 0 Å². The normalized spacial score (nSPS) is 10.9. The van der Waals surface area contributed by atoms with E-state index >= 15 is 0 Å². The minimum absolute atomic E-state index is 0.421. The van der Waals surface area contributed by atoms with Crippen LogP contribution in [0.25, 0.3) is 0 Å². The fourth-order valence-corrected chi connectivity index (χ4v) is 1.45. The van der Waals surface area contributed by atoms with Gasteiger partial charge in [0.25, 0.3) is 0 Å². The van der Waals surface area contributed by atoms with Crippen LogP contribution in [0.3, 0.4) is 0 Å². The maximum Gasteiger partial charge on any atom is 0.313 e. The van der Waals surface area contributed by atoms with E-state index in [1.54, 1.807) is 0 Å². The molecular weight excluding hydrogens is 228 g/mol. The number of amides is 2. The van der Waals surface area contributed by atoms with Gasteiger partial charge in [-0.25, -0.2) is 0 Å². The van der Waals surface area contributed by atoms with E-state index in [0.29, 0.717) is 5.69 Å². The standard InChI is InChI=1S/C14H20N2O2/c1-9-6-7-10(2)11(8-9)15-12(17)13(18)16-14(3,4)5/h6-8H,1-5H3,(H,15,17)(H,16,18). The first-order chi connectivity index (χ1) is 8.19. The van der Waals surface area contributed by atoms with Gasteiger partial charge in [0, 0.05) is 11.2 Å². The second-order valence-corrected chi connectivity index (χ2v) is 5.48. The number of hydrogen-bond acceptors (Lipinski definition) is 2. The van der Waals surface area contributed by atoms with Gasteiger partial charge in [-0.3, -0.25) is 9.59 Å². The average Bonchev–Trinajstić information content (AvgIpc) is 2.21. The Bertz CT molecular complexity index is 473. The Kier molecular flexibility index (Phi) is 4.11. The number of carbonyl (C=O) groups is 2. The van der Waals surface area contributed by atoms with Crippen LogP contribution >= 0.6 is 0 Å². The van der Waals surface area contributed by atoms with E-state index in [1.807, 2.05) is 52.8 Å². The van der Waals surface area contributed by atoms with E-state index in [9.17, 15) is 9.59 Å². The van der Waals surface area contributed by atoms with Crippen LogP contribution in [0.5, 0.6) is 0 Å². The van der Waals surface area contributed by atoms with Gasteiger partial charge >= 0.3 is 11.8 Å². The molecule has 0 bridgehead atoms. The molecule has 0 radical (unpaired) electrons. The van der Waals surface area contributed by atoms with Gasteiger partial charge in [-0.05, 0) is 51.8 Å². The van der Waals surface area contributed by atoms with E-state index in [0.717, 1.165) is 11.1 Å². The summed E-state index contributed by atoms with van der Waals surface area (Å²) < 4.78 is 0. The SMILES string of the molecule is Cc1ccc(C)c(NC(=O)C(=O)NC(C)(C)C)c1. The molecule has 2 N–H and O–H groups in total. The smallest absolute Gasteiger partial charge is 0.313 e. The summed E-state index contributed by atoms with van der Waals surface area (Å²) in [7, 11) is 0. The Morgan fingerprint density at radius 3 is 2.22 bits per heavy atom. The van der Waals surface area contributed by atoms with Crippen LogP contribution in [0.15, 0.2) is 18.2 Å². The fourth-order valence-electron chi connectivity index (χ4n) is 1.45. The number of benzene rings is 1. The highest BCUT2D eigenvalue weighted by atomic mass is 16.2. The molecule has 98 valence electrons. The van der Waals surface area contributed by atoms with Crippen LogP contribution < -0.4 is 10.6 Å². The lowest BCUT2D eigenvalue weighted by molar-refractivity contribution is -0.137. The van der Waals surface area contributed by atoms with Crippen LogP contribution in [-0.4, -0.2) is 17.4 Å². The zero-order chi connectivity index (χ0) is 13.9. The zero-order valence-electron chi connectivity index (χ0n) is 11.5. The maximum absolute atomic E-state index is 11.7. The number of rotatable bonds is 1. The molecule has 18 heavy (non-hydrogen) atoms. The highest BCUT2D eigenvalue weighted by molar-refractivity contribution is 6.39. The van der Waals surface area contributed by atoms with Crippen molar-refractivity contribution in [3.05, 3.63) is 29.3 Å². The molecule has 4 heteroatoms. The number of hydrogen-bond donors (Lipinski definition) is 2. The molecule has 0 heterocycles. The van der Waals surface area contributed by atoms with Crippen molar-refractivity contribution in [1.82, 2.24) is 5.32 Å². The second-order valence-electron chi connectivity index (χ2n) is 5.48. The first kappa shape index (κ1) is 14.2. The Labute approximate surface area is 108 Å². The summed E-state index contributed by atoms with van der Waals surface area (Å²) in [5, 5.41) is 5.24. The Balaban J connectivity index is 2.76. The molecule has 0 saturated carbocycles. The third-order valence-corrected chi connectivity index (χ3v) is 2.34. The van der Waals surface area contributed by atoms with Gasteiger partial charge in [-0.2, -0.15) is 0 Å². The van der Waals surface area contributed by atoms with Crippen molar-refractivity contribution in [3.63, 3.8) is 0 Å². The number of anilines is 1. The molecule has 0 spiro atoms. The number of nitrogens with one attached hydrogen (secondary N) is 2. The molecule has 2 amide bonds. The lowest BCUT2D eigenvalue weighted by Crippen LogP contribution is -2.46. The Morgan fingerprint density at radius 1 is 1.06 bits per heavy atom. The summed E-state index contributed by atoms with van der Waals surface area (Å²) >= 11 is 0. The van der Waals surface area contributed by atoms with Gasteiger partial charge in [0.05, 0.1) is 0 Å². The van der Waals surface area contributed by atoms with Gasteiger partial charge in [-0.1, -0.05) is 12.1 Å². The minimum atomic E-state index is -0.640. The van der Waals surface area contributed by atoms with Crippen LogP contribution in [0.1, 0.15) is 31.9 Å². The summed E-state index contributed by atoms with van der Waals surface area (Å²) in [6.07, 6.45) is 0. The second kappa shape index (κ2) is 5.21.